The first kappa shape index (κ1) is 20.5. The zero-order valence-corrected chi connectivity index (χ0v) is 18.0. The van der Waals surface area contributed by atoms with Gasteiger partial charge in [0, 0.05) is 31.0 Å². The number of hydrogen-bond acceptors (Lipinski definition) is 3. The summed E-state index contributed by atoms with van der Waals surface area (Å²) in [6.45, 7) is 0.668. The summed E-state index contributed by atoms with van der Waals surface area (Å²) in [5.74, 6) is 0.447. The van der Waals surface area contributed by atoms with Gasteiger partial charge in [-0.05, 0) is 78.3 Å². The molecule has 0 radical (unpaired) electrons. The van der Waals surface area contributed by atoms with E-state index in [1.807, 2.05) is 6.07 Å². The molecule has 32 heavy (non-hydrogen) atoms. The molecule has 0 spiro atoms. The molecule has 0 saturated heterocycles. The van der Waals surface area contributed by atoms with Gasteiger partial charge < -0.3 is 15.0 Å². The number of aliphatic carboxylic acids is 1. The van der Waals surface area contributed by atoms with Crippen LogP contribution in [-0.4, -0.2) is 33.5 Å². The van der Waals surface area contributed by atoms with E-state index in [2.05, 4.69) is 46.4 Å². The molecule has 0 atom stereocenters. The summed E-state index contributed by atoms with van der Waals surface area (Å²) in [5, 5.41) is 9.01. The smallest absolute Gasteiger partial charge is 0.303 e. The number of carboxylic acid groups (broad SMARTS) is 1. The summed E-state index contributed by atoms with van der Waals surface area (Å²) in [5.41, 5.74) is 5.83. The van der Waals surface area contributed by atoms with Crippen molar-refractivity contribution in [1.82, 2.24) is 9.97 Å². The molecule has 3 aromatic rings. The number of carbonyl (C=O) groups excluding carboxylic acids is 1. The number of hydrogen-bond donors (Lipinski definition) is 2. The van der Waals surface area contributed by atoms with Gasteiger partial charge in [0.1, 0.15) is 0 Å². The van der Waals surface area contributed by atoms with Gasteiger partial charge in [-0.25, -0.2) is 4.98 Å². The van der Waals surface area contributed by atoms with Crippen molar-refractivity contribution in [3.63, 3.8) is 0 Å². The van der Waals surface area contributed by atoms with Crippen molar-refractivity contribution in [2.45, 2.75) is 44.4 Å². The molecular formula is C26H27N3O3. The number of nitrogens with one attached hydrogen (secondary N) is 1. The number of aromatic nitrogens is 2. The van der Waals surface area contributed by atoms with E-state index in [0.29, 0.717) is 30.6 Å². The van der Waals surface area contributed by atoms with E-state index < -0.39 is 5.97 Å². The van der Waals surface area contributed by atoms with Crippen LogP contribution in [0.25, 0.3) is 11.1 Å². The lowest BCUT2D eigenvalue weighted by Gasteiger charge is -2.28. The highest BCUT2D eigenvalue weighted by molar-refractivity contribution is 6.05. The van der Waals surface area contributed by atoms with E-state index in [1.165, 1.54) is 16.7 Å². The van der Waals surface area contributed by atoms with Gasteiger partial charge in [0.2, 0.25) is 0 Å². The number of H-pyrrole nitrogens is 1. The minimum atomic E-state index is -0.680. The fourth-order valence-electron chi connectivity index (χ4n) is 5.20. The summed E-state index contributed by atoms with van der Waals surface area (Å²) in [6.07, 6.45) is 8.53. The highest BCUT2D eigenvalue weighted by Crippen LogP contribution is 2.38. The van der Waals surface area contributed by atoms with Crippen LogP contribution in [0.4, 0.5) is 5.69 Å². The molecule has 1 fully saturated rings. The molecule has 1 aliphatic heterocycles. The van der Waals surface area contributed by atoms with Crippen molar-refractivity contribution >= 4 is 17.6 Å². The molecule has 6 heteroatoms. The normalized spacial score (nSPS) is 20.2. The fourth-order valence-corrected chi connectivity index (χ4v) is 5.20. The van der Waals surface area contributed by atoms with Crippen LogP contribution in [0.3, 0.4) is 0 Å². The number of carbonyl (C=O) groups is 2. The molecule has 1 aromatic heterocycles. The summed E-state index contributed by atoms with van der Waals surface area (Å²) in [7, 11) is 0. The Balaban J connectivity index is 1.27. The van der Waals surface area contributed by atoms with Crippen LogP contribution in [0.5, 0.6) is 0 Å². The number of anilines is 1. The maximum Gasteiger partial charge on any atom is 0.303 e. The van der Waals surface area contributed by atoms with Crippen molar-refractivity contribution in [1.29, 1.82) is 0 Å². The van der Waals surface area contributed by atoms with E-state index in [0.717, 1.165) is 43.4 Å². The lowest BCUT2D eigenvalue weighted by molar-refractivity contribution is -0.138. The second kappa shape index (κ2) is 8.61. The molecule has 2 aromatic carbocycles. The SMILES string of the molecule is O=C(O)C[C@H]1CC[C@H](c2ccc(-c3ccc4c(c3)CCN4C(=O)c3ncc[nH]3)cc2)CC1. The number of nitrogens with zero attached hydrogens (tertiary/aromatic N) is 2. The van der Waals surface area contributed by atoms with E-state index in [4.69, 9.17) is 5.11 Å². The Labute approximate surface area is 187 Å². The number of amides is 1. The van der Waals surface area contributed by atoms with Gasteiger partial charge in [0.15, 0.2) is 5.82 Å². The van der Waals surface area contributed by atoms with E-state index >= 15 is 0 Å². The zero-order chi connectivity index (χ0) is 22.1. The monoisotopic (exact) mass is 429 g/mol. The molecule has 0 unspecified atom stereocenters. The summed E-state index contributed by atoms with van der Waals surface area (Å²) >= 11 is 0. The molecule has 2 aliphatic rings. The minimum Gasteiger partial charge on any atom is -0.481 e. The van der Waals surface area contributed by atoms with Crippen molar-refractivity contribution in [3.05, 3.63) is 71.8 Å². The van der Waals surface area contributed by atoms with Crippen molar-refractivity contribution < 1.29 is 14.7 Å². The second-order valence-corrected chi connectivity index (χ2v) is 8.93. The first-order valence-corrected chi connectivity index (χ1v) is 11.3. The zero-order valence-electron chi connectivity index (χ0n) is 18.0. The van der Waals surface area contributed by atoms with Gasteiger partial charge >= 0.3 is 5.97 Å². The summed E-state index contributed by atoms with van der Waals surface area (Å²) in [4.78, 5) is 32.4. The molecule has 164 valence electrons. The first-order chi connectivity index (χ1) is 15.6. The first-order valence-electron chi connectivity index (χ1n) is 11.3. The van der Waals surface area contributed by atoms with Crippen molar-refractivity contribution in [2.24, 2.45) is 5.92 Å². The number of imidazole rings is 1. The third-order valence-electron chi connectivity index (χ3n) is 6.95. The Morgan fingerprint density at radius 1 is 1.03 bits per heavy atom. The van der Waals surface area contributed by atoms with Gasteiger partial charge in [0.25, 0.3) is 5.91 Å². The minimum absolute atomic E-state index is 0.0936. The molecule has 6 nitrogen and oxygen atoms in total. The Hall–Kier alpha value is -3.41. The number of fused-ring (bicyclic) bond motifs is 1. The maximum absolute atomic E-state index is 12.7. The molecule has 0 bridgehead atoms. The summed E-state index contributed by atoms with van der Waals surface area (Å²) < 4.78 is 0. The predicted octanol–water partition coefficient (Wildman–Crippen LogP) is 5.03. The van der Waals surface area contributed by atoms with Gasteiger partial charge in [-0.1, -0.05) is 30.3 Å². The van der Waals surface area contributed by atoms with Crippen LogP contribution < -0.4 is 4.90 Å². The Bertz CT molecular complexity index is 1110. The molecular weight excluding hydrogens is 402 g/mol. The van der Waals surface area contributed by atoms with Gasteiger partial charge in [-0.2, -0.15) is 0 Å². The van der Waals surface area contributed by atoms with Crippen LogP contribution in [0, 0.1) is 5.92 Å². The standard InChI is InChI=1S/C26H27N3O3/c30-24(31)15-17-1-3-18(4-2-17)19-5-7-20(8-6-19)21-9-10-23-22(16-21)11-14-29(23)26(32)25-27-12-13-28-25/h5-10,12-13,16-18H,1-4,11,14-15H2,(H,27,28)(H,30,31)/t17-,18-. The highest BCUT2D eigenvalue weighted by Gasteiger charge is 2.27. The van der Waals surface area contributed by atoms with E-state index in [1.54, 1.807) is 17.3 Å². The highest BCUT2D eigenvalue weighted by atomic mass is 16.4. The third kappa shape index (κ3) is 4.05. The topological polar surface area (TPSA) is 86.3 Å². The van der Waals surface area contributed by atoms with Gasteiger partial charge in [-0.3, -0.25) is 9.59 Å². The number of aromatic amines is 1. The Kier molecular flexibility index (Phi) is 5.52. The second-order valence-electron chi connectivity index (χ2n) is 8.93. The van der Waals surface area contributed by atoms with Gasteiger partial charge in [0.05, 0.1) is 0 Å². The Morgan fingerprint density at radius 2 is 1.78 bits per heavy atom. The molecule has 1 amide bonds. The Morgan fingerprint density at radius 3 is 2.47 bits per heavy atom. The van der Waals surface area contributed by atoms with Crippen molar-refractivity contribution in [2.75, 3.05) is 11.4 Å². The van der Waals surface area contributed by atoms with E-state index in [9.17, 15) is 9.59 Å². The quantitative estimate of drug-likeness (QED) is 0.596. The molecule has 1 aliphatic carbocycles. The average Bonchev–Trinajstić information content (AvgIpc) is 3.49. The lowest BCUT2D eigenvalue weighted by atomic mass is 9.77. The average molecular weight is 430 g/mol. The fraction of sp³-hybridized carbons (Fsp3) is 0.346. The molecule has 1 saturated carbocycles. The lowest BCUT2D eigenvalue weighted by Crippen LogP contribution is -2.29. The number of rotatable bonds is 5. The van der Waals surface area contributed by atoms with E-state index in [-0.39, 0.29) is 5.91 Å². The van der Waals surface area contributed by atoms with Crippen LogP contribution >= 0.6 is 0 Å². The number of carboxylic acids is 1. The van der Waals surface area contributed by atoms with Crippen LogP contribution in [0.2, 0.25) is 0 Å². The maximum atomic E-state index is 12.7. The van der Waals surface area contributed by atoms with Crippen LogP contribution in [0.15, 0.2) is 54.9 Å². The van der Waals surface area contributed by atoms with Crippen molar-refractivity contribution in [3.8, 4) is 11.1 Å². The van der Waals surface area contributed by atoms with Gasteiger partial charge in [-0.15, -0.1) is 0 Å². The third-order valence-corrected chi connectivity index (χ3v) is 6.95. The predicted molar refractivity (Wildman–Crippen MR) is 123 cm³/mol. The molecule has 5 rings (SSSR count). The number of benzene rings is 2. The molecule has 2 N–H and O–H groups in total. The summed E-state index contributed by atoms with van der Waals surface area (Å²) in [6, 6.07) is 15.1. The largest absolute Gasteiger partial charge is 0.481 e. The molecule has 2 heterocycles. The van der Waals surface area contributed by atoms with Crippen LogP contribution in [-0.2, 0) is 11.2 Å². The van der Waals surface area contributed by atoms with Crippen LogP contribution in [0.1, 0.15) is 59.8 Å².